The highest BCUT2D eigenvalue weighted by molar-refractivity contribution is 7.07. The third-order valence-corrected chi connectivity index (χ3v) is 6.25. The molecule has 1 aliphatic heterocycles. The van der Waals surface area contributed by atoms with E-state index in [1.807, 2.05) is 18.2 Å². The van der Waals surface area contributed by atoms with Gasteiger partial charge in [-0.1, -0.05) is 26.0 Å². The zero-order chi connectivity index (χ0) is 21.5. The lowest BCUT2D eigenvalue weighted by molar-refractivity contribution is -0.00517. The lowest BCUT2D eigenvalue weighted by Gasteiger charge is -2.37. The number of hydrogen-bond acceptors (Lipinski definition) is 5. The van der Waals surface area contributed by atoms with Gasteiger partial charge in [0.2, 0.25) is 0 Å². The summed E-state index contributed by atoms with van der Waals surface area (Å²) in [6.45, 7) is 12.6. The van der Waals surface area contributed by atoms with Crippen LogP contribution in [-0.4, -0.2) is 55.9 Å². The number of amides is 2. The Hall–Kier alpha value is -2.09. The Bertz CT molecular complexity index is 784. The molecule has 1 fully saturated rings. The van der Waals surface area contributed by atoms with Crippen LogP contribution >= 0.6 is 11.3 Å². The second-order valence-corrected chi connectivity index (χ2v) is 8.59. The Morgan fingerprint density at radius 1 is 1.20 bits per heavy atom. The molecule has 0 radical (unpaired) electrons. The fourth-order valence-corrected chi connectivity index (χ4v) is 4.88. The van der Waals surface area contributed by atoms with E-state index in [0.29, 0.717) is 6.54 Å². The van der Waals surface area contributed by atoms with Gasteiger partial charge in [-0.3, -0.25) is 4.90 Å². The van der Waals surface area contributed by atoms with Gasteiger partial charge in [0.15, 0.2) is 0 Å². The smallest absolute Gasteiger partial charge is 0.319 e. The van der Waals surface area contributed by atoms with Crippen LogP contribution in [0.1, 0.15) is 39.3 Å². The van der Waals surface area contributed by atoms with E-state index in [2.05, 4.69) is 71.0 Å². The van der Waals surface area contributed by atoms with E-state index in [9.17, 15) is 4.79 Å². The molecule has 0 unspecified atom stereocenters. The molecule has 1 aliphatic rings. The van der Waals surface area contributed by atoms with Gasteiger partial charge in [-0.25, -0.2) is 4.79 Å². The molecular weight excluding hydrogens is 396 g/mol. The number of anilines is 2. The molecule has 7 heteroatoms. The van der Waals surface area contributed by atoms with Gasteiger partial charge in [0.25, 0.3) is 0 Å². The molecule has 6 nitrogen and oxygen atoms in total. The summed E-state index contributed by atoms with van der Waals surface area (Å²) in [6, 6.07) is 10.1. The Balaban J connectivity index is 1.66. The summed E-state index contributed by atoms with van der Waals surface area (Å²) in [5.41, 5.74) is 3.11. The number of ether oxygens (including phenoxy) is 1. The molecule has 0 aliphatic carbocycles. The lowest BCUT2D eigenvalue weighted by atomic mass is 10.1. The van der Waals surface area contributed by atoms with Gasteiger partial charge in [0, 0.05) is 19.6 Å². The quantitative estimate of drug-likeness (QED) is 0.644. The van der Waals surface area contributed by atoms with Gasteiger partial charge in [-0.05, 0) is 61.5 Å². The molecule has 3 rings (SSSR count). The summed E-state index contributed by atoms with van der Waals surface area (Å²) in [7, 11) is 0. The number of likely N-dealkylation sites (N-methyl/N-ethyl adjacent to an activating group) is 1. The number of thiophene rings is 1. The van der Waals surface area contributed by atoms with Crippen LogP contribution in [0.25, 0.3) is 0 Å². The normalized spacial score (nSPS) is 20.2. The van der Waals surface area contributed by atoms with Crippen LogP contribution in [0.15, 0.2) is 41.1 Å². The minimum absolute atomic E-state index is 0.163. The first-order valence-corrected chi connectivity index (χ1v) is 11.8. The average Bonchev–Trinajstić information content (AvgIpc) is 3.25. The van der Waals surface area contributed by atoms with Gasteiger partial charge < -0.3 is 20.3 Å². The van der Waals surface area contributed by atoms with Crippen molar-refractivity contribution in [3.8, 4) is 0 Å². The van der Waals surface area contributed by atoms with Crippen molar-refractivity contribution in [1.29, 1.82) is 0 Å². The van der Waals surface area contributed by atoms with Crippen LogP contribution in [0.3, 0.4) is 0 Å². The monoisotopic (exact) mass is 430 g/mol. The minimum Gasteiger partial charge on any atom is -0.372 e. The number of nitrogens with one attached hydrogen (secondary N) is 2. The Morgan fingerprint density at radius 3 is 2.53 bits per heavy atom. The van der Waals surface area contributed by atoms with Crippen molar-refractivity contribution in [2.75, 3.05) is 42.9 Å². The molecule has 0 bridgehead atoms. The molecule has 0 saturated carbocycles. The number of hydrogen-bond donors (Lipinski definition) is 2. The third-order valence-electron chi connectivity index (χ3n) is 5.55. The van der Waals surface area contributed by atoms with E-state index in [1.54, 1.807) is 11.3 Å². The third kappa shape index (κ3) is 5.74. The van der Waals surface area contributed by atoms with Crippen molar-refractivity contribution in [2.45, 2.75) is 45.9 Å². The minimum atomic E-state index is -0.177. The summed E-state index contributed by atoms with van der Waals surface area (Å²) >= 11 is 1.69. The van der Waals surface area contributed by atoms with Crippen LogP contribution in [0.2, 0.25) is 0 Å². The number of rotatable bonds is 8. The Kier molecular flexibility index (Phi) is 8.13. The van der Waals surface area contributed by atoms with E-state index >= 15 is 0 Å². The Labute approximate surface area is 184 Å². The molecule has 0 spiro atoms. The second kappa shape index (κ2) is 10.8. The van der Waals surface area contributed by atoms with Gasteiger partial charge in [0.05, 0.1) is 29.6 Å². The van der Waals surface area contributed by atoms with Crippen LogP contribution < -0.4 is 15.5 Å². The van der Waals surface area contributed by atoms with E-state index in [0.717, 1.165) is 37.6 Å². The predicted molar refractivity (Wildman–Crippen MR) is 126 cm³/mol. The largest absolute Gasteiger partial charge is 0.372 e. The molecule has 1 aromatic carbocycles. The van der Waals surface area contributed by atoms with Gasteiger partial charge in [-0.2, -0.15) is 11.3 Å². The van der Waals surface area contributed by atoms with E-state index in [1.165, 1.54) is 5.56 Å². The van der Waals surface area contributed by atoms with Crippen LogP contribution in [0, 0.1) is 0 Å². The standard InChI is InChI=1S/C23H34N4O2S/c1-5-26(6-2)22(19-11-12-30-16-19)13-24-23(28)25-20-9-7-8-10-21(20)27-14-17(3)29-18(4)15-27/h7-12,16-18,22H,5-6,13-15H2,1-4H3,(H2,24,25,28)/t17-,18+,22-/m1/s1. The topological polar surface area (TPSA) is 56.8 Å². The number of urea groups is 1. The SMILES string of the molecule is CCN(CC)[C@H](CNC(=O)Nc1ccccc1N1C[C@@H](C)O[C@@H](C)C1)c1ccsc1. The molecule has 1 saturated heterocycles. The molecule has 164 valence electrons. The maximum absolute atomic E-state index is 12.8. The highest BCUT2D eigenvalue weighted by atomic mass is 32.1. The van der Waals surface area contributed by atoms with Gasteiger partial charge >= 0.3 is 6.03 Å². The van der Waals surface area contributed by atoms with Crippen molar-refractivity contribution in [3.05, 3.63) is 46.7 Å². The number of morpholine rings is 1. The zero-order valence-corrected chi connectivity index (χ0v) is 19.2. The highest BCUT2D eigenvalue weighted by Crippen LogP contribution is 2.28. The van der Waals surface area contributed by atoms with Crippen molar-refractivity contribution in [3.63, 3.8) is 0 Å². The second-order valence-electron chi connectivity index (χ2n) is 7.81. The first-order chi connectivity index (χ1) is 14.5. The molecule has 3 atom stereocenters. The molecule has 2 aromatic rings. The number of nitrogens with zero attached hydrogens (tertiary/aromatic N) is 2. The van der Waals surface area contributed by atoms with Gasteiger partial charge in [-0.15, -0.1) is 0 Å². The highest BCUT2D eigenvalue weighted by Gasteiger charge is 2.24. The fourth-order valence-electron chi connectivity index (χ4n) is 4.17. The summed E-state index contributed by atoms with van der Waals surface area (Å²) in [5.74, 6) is 0. The first kappa shape index (κ1) is 22.6. The average molecular weight is 431 g/mol. The maximum atomic E-state index is 12.8. The van der Waals surface area contributed by atoms with Crippen molar-refractivity contribution < 1.29 is 9.53 Å². The number of carbonyl (C=O) groups is 1. The van der Waals surface area contributed by atoms with Crippen molar-refractivity contribution >= 4 is 28.7 Å². The predicted octanol–water partition coefficient (Wildman–Crippen LogP) is 4.57. The van der Waals surface area contributed by atoms with Crippen LogP contribution in [0.5, 0.6) is 0 Å². The molecular formula is C23H34N4O2S. The molecule has 30 heavy (non-hydrogen) atoms. The summed E-state index contributed by atoms with van der Waals surface area (Å²) in [5, 5.41) is 10.4. The number of carbonyl (C=O) groups excluding carboxylic acids is 1. The van der Waals surface area contributed by atoms with Crippen molar-refractivity contribution in [2.24, 2.45) is 0 Å². The zero-order valence-electron chi connectivity index (χ0n) is 18.4. The van der Waals surface area contributed by atoms with E-state index in [4.69, 9.17) is 4.74 Å². The maximum Gasteiger partial charge on any atom is 0.319 e. The molecule has 2 heterocycles. The van der Waals surface area contributed by atoms with Gasteiger partial charge in [0.1, 0.15) is 0 Å². The number of benzene rings is 1. The fraction of sp³-hybridized carbons (Fsp3) is 0.522. The van der Waals surface area contributed by atoms with Crippen molar-refractivity contribution in [1.82, 2.24) is 10.2 Å². The lowest BCUT2D eigenvalue weighted by Crippen LogP contribution is -2.46. The molecule has 2 N–H and O–H groups in total. The summed E-state index contributed by atoms with van der Waals surface area (Å²) in [4.78, 5) is 17.4. The molecule has 2 amide bonds. The Morgan fingerprint density at radius 2 is 1.90 bits per heavy atom. The van der Waals surface area contributed by atoms with Crippen LogP contribution in [-0.2, 0) is 4.74 Å². The van der Waals surface area contributed by atoms with E-state index in [-0.39, 0.29) is 24.3 Å². The first-order valence-electron chi connectivity index (χ1n) is 10.8. The molecule has 1 aromatic heterocycles. The van der Waals surface area contributed by atoms with E-state index < -0.39 is 0 Å². The summed E-state index contributed by atoms with van der Waals surface area (Å²) in [6.07, 6.45) is 0.326. The number of para-hydroxylation sites is 2. The summed E-state index contributed by atoms with van der Waals surface area (Å²) < 4.78 is 5.86. The van der Waals surface area contributed by atoms with Crippen LogP contribution in [0.4, 0.5) is 16.2 Å².